The fourth-order valence-electron chi connectivity index (χ4n) is 1.87. The SMILES string of the molecule is C=C1CC(C)(C)C(N(C)C)=CC1=O. The molecule has 0 atom stereocenters. The molecule has 13 heavy (non-hydrogen) atoms. The van der Waals surface area contributed by atoms with Gasteiger partial charge in [0.25, 0.3) is 0 Å². The van der Waals surface area contributed by atoms with Crippen LogP contribution in [0.15, 0.2) is 23.9 Å². The Morgan fingerprint density at radius 3 is 2.46 bits per heavy atom. The molecule has 0 amide bonds. The second kappa shape index (κ2) is 3.02. The summed E-state index contributed by atoms with van der Waals surface area (Å²) in [6.45, 7) is 8.04. The van der Waals surface area contributed by atoms with Crippen LogP contribution < -0.4 is 0 Å². The van der Waals surface area contributed by atoms with Gasteiger partial charge in [-0.25, -0.2) is 0 Å². The Morgan fingerprint density at radius 2 is 2.00 bits per heavy atom. The van der Waals surface area contributed by atoms with Gasteiger partial charge in [-0.1, -0.05) is 20.4 Å². The van der Waals surface area contributed by atoms with Crippen molar-refractivity contribution in [2.45, 2.75) is 20.3 Å². The van der Waals surface area contributed by atoms with Crippen LogP contribution in [0.3, 0.4) is 0 Å². The van der Waals surface area contributed by atoms with E-state index < -0.39 is 0 Å². The molecular formula is C11H17NO. The number of nitrogens with zero attached hydrogens (tertiary/aromatic N) is 1. The zero-order valence-electron chi connectivity index (χ0n) is 8.85. The van der Waals surface area contributed by atoms with Crippen molar-refractivity contribution in [3.63, 3.8) is 0 Å². The molecule has 2 nitrogen and oxygen atoms in total. The molecule has 0 aromatic carbocycles. The smallest absolute Gasteiger partial charge is 0.183 e. The number of carbonyl (C=O) groups is 1. The van der Waals surface area contributed by atoms with Crippen LogP contribution in [0.25, 0.3) is 0 Å². The topological polar surface area (TPSA) is 20.3 Å². The van der Waals surface area contributed by atoms with Gasteiger partial charge in [0, 0.05) is 31.3 Å². The average Bonchev–Trinajstić information content (AvgIpc) is 1.95. The Labute approximate surface area is 79.9 Å². The summed E-state index contributed by atoms with van der Waals surface area (Å²) in [4.78, 5) is 13.4. The fourth-order valence-corrected chi connectivity index (χ4v) is 1.87. The highest BCUT2D eigenvalue weighted by molar-refractivity contribution is 6.05. The molecule has 0 saturated carbocycles. The van der Waals surface area contributed by atoms with Crippen LogP contribution in [0.2, 0.25) is 0 Å². The molecule has 1 aliphatic carbocycles. The van der Waals surface area contributed by atoms with E-state index in [0.29, 0.717) is 0 Å². The number of carbonyl (C=O) groups excluding carboxylic acids is 1. The third-order valence-electron chi connectivity index (χ3n) is 2.45. The van der Waals surface area contributed by atoms with Crippen molar-refractivity contribution in [3.8, 4) is 0 Å². The van der Waals surface area contributed by atoms with E-state index in [1.54, 1.807) is 6.08 Å². The lowest BCUT2D eigenvalue weighted by atomic mass is 9.77. The highest BCUT2D eigenvalue weighted by atomic mass is 16.1. The fraction of sp³-hybridized carbons (Fsp3) is 0.545. The molecule has 1 rings (SSSR count). The molecule has 0 aromatic heterocycles. The lowest BCUT2D eigenvalue weighted by molar-refractivity contribution is -0.112. The molecular weight excluding hydrogens is 162 g/mol. The minimum absolute atomic E-state index is 0.0362. The lowest BCUT2D eigenvalue weighted by Gasteiger charge is -2.36. The highest BCUT2D eigenvalue weighted by Gasteiger charge is 2.31. The first-order valence-electron chi connectivity index (χ1n) is 4.46. The average molecular weight is 179 g/mol. The Hall–Kier alpha value is -1.05. The van der Waals surface area contributed by atoms with Crippen molar-refractivity contribution in [1.82, 2.24) is 4.90 Å². The maximum absolute atomic E-state index is 11.4. The highest BCUT2D eigenvalue weighted by Crippen LogP contribution is 2.37. The van der Waals surface area contributed by atoms with Crippen LogP contribution in [0.5, 0.6) is 0 Å². The van der Waals surface area contributed by atoms with E-state index in [1.807, 2.05) is 19.0 Å². The summed E-state index contributed by atoms with van der Waals surface area (Å²) in [6, 6.07) is 0. The van der Waals surface area contributed by atoms with Crippen LogP contribution >= 0.6 is 0 Å². The summed E-state index contributed by atoms with van der Waals surface area (Å²) in [5.41, 5.74) is 1.84. The van der Waals surface area contributed by atoms with Crippen LogP contribution in [-0.4, -0.2) is 24.8 Å². The van der Waals surface area contributed by atoms with E-state index in [2.05, 4.69) is 20.4 Å². The van der Waals surface area contributed by atoms with Gasteiger partial charge in [-0.3, -0.25) is 4.79 Å². The van der Waals surface area contributed by atoms with Gasteiger partial charge in [0.05, 0.1) is 0 Å². The summed E-state index contributed by atoms with van der Waals surface area (Å²) in [5.74, 6) is 0.0722. The molecule has 0 aromatic rings. The number of hydrogen-bond acceptors (Lipinski definition) is 2. The number of allylic oxidation sites excluding steroid dienone is 3. The summed E-state index contributed by atoms with van der Waals surface area (Å²) in [6.07, 6.45) is 2.46. The van der Waals surface area contributed by atoms with Crippen LogP contribution in [-0.2, 0) is 4.79 Å². The van der Waals surface area contributed by atoms with Crippen molar-refractivity contribution in [2.24, 2.45) is 5.41 Å². The molecule has 0 spiro atoms. The molecule has 0 aliphatic heterocycles. The molecule has 2 heteroatoms. The zero-order chi connectivity index (χ0) is 10.2. The van der Waals surface area contributed by atoms with Crippen LogP contribution in [0.1, 0.15) is 20.3 Å². The number of ketones is 1. The summed E-state index contributed by atoms with van der Waals surface area (Å²) < 4.78 is 0. The molecule has 0 bridgehead atoms. The Bertz CT molecular complexity index is 284. The Balaban J connectivity index is 3.10. The zero-order valence-corrected chi connectivity index (χ0v) is 8.85. The van der Waals surface area contributed by atoms with Gasteiger partial charge in [0.15, 0.2) is 5.78 Å². The first-order chi connectivity index (χ1) is 5.84. The molecule has 0 saturated heterocycles. The van der Waals surface area contributed by atoms with E-state index >= 15 is 0 Å². The van der Waals surface area contributed by atoms with E-state index in [4.69, 9.17) is 0 Å². The van der Waals surface area contributed by atoms with Crippen LogP contribution in [0.4, 0.5) is 0 Å². The third-order valence-corrected chi connectivity index (χ3v) is 2.45. The van der Waals surface area contributed by atoms with Crippen molar-refractivity contribution in [1.29, 1.82) is 0 Å². The monoisotopic (exact) mass is 179 g/mol. The number of hydrogen-bond donors (Lipinski definition) is 0. The first kappa shape index (κ1) is 10.0. The molecule has 0 heterocycles. The second-order valence-electron chi connectivity index (χ2n) is 4.45. The maximum Gasteiger partial charge on any atom is 0.183 e. The summed E-state index contributed by atoms with van der Waals surface area (Å²) in [5, 5.41) is 0. The van der Waals surface area contributed by atoms with Gasteiger partial charge in [0.2, 0.25) is 0 Å². The van der Waals surface area contributed by atoms with E-state index in [0.717, 1.165) is 17.7 Å². The molecule has 1 aliphatic rings. The minimum Gasteiger partial charge on any atom is -0.380 e. The predicted molar refractivity (Wildman–Crippen MR) is 54.3 cm³/mol. The lowest BCUT2D eigenvalue weighted by Crippen LogP contribution is -2.31. The van der Waals surface area contributed by atoms with Crippen molar-refractivity contribution in [3.05, 3.63) is 23.9 Å². The van der Waals surface area contributed by atoms with E-state index in [-0.39, 0.29) is 11.2 Å². The van der Waals surface area contributed by atoms with Crippen molar-refractivity contribution >= 4 is 5.78 Å². The quantitative estimate of drug-likeness (QED) is 0.574. The molecule has 0 radical (unpaired) electrons. The third kappa shape index (κ3) is 1.82. The van der Waals surface area contributed by atoms with Gasteiger partial charge >= 0.3 is 0 Å². The minimum atomic E-state index is 0.0362. The van der Waals surface area contributed by atoms with Gasteiger partial charge in [0.1, 0.15) is 0 Å². The van der Waals surface area contributed by atoms with Crippen molar-refractivity contribution in [2.75, 3.05) is 14.1 Å². The molecule has 0 N–H and O–H groups in total. The molecule has 0 unspecified atom stereocenters. The molecule has 0 fully saturated rings. The largest absolute Gasteiger partial charge is 0.380 e. The van der Waals surface area contributed by atoms with E-state index in [9.17, 15) is 4.79 Å². The summed E-state index contributed by atoms with van der Waals surface area (Å²) in [7, 11) is 3.93. The first-order valence-corrected chi connectivity index (χ1v) is 4.46. The Morgan fingerprint density at radius 1 is 1.46 bits per heavy atom. The molecule has 72 valence electrons. The van der Waals surface area contributed by atoms with Crippen LogP contribution in [0, 0.1) is 5.41 Å². The second-order valence-corrected chi connectivity index (χ2v) is 4.45. The van der Waals surface area contributed by atoms with Gasteiger partial charge < -0.3 is 4.90 Å². The normalized spacial score (nSPS) is 21.4. The predicted octanol–water partition coefficient (Wildman–Crippen LogP) is 1.99. The van der Waals surface area contributed by atoms with Gasteiger partial charge in [-0.15, -0.1) is 0 Å². The standard InChI is InChI=1S/C11H17NO/c1-8-7-11(2,3)10(12(4)5)6-9(8)13/h6H,1,7H2,2-5H3. The van der Waals surface area contributed by atoms with Crippen molar-refractivity contribution < 1.29 is 4.79 Å². The van der Waals surface area contributed by atoms with Gasteiger partial charge in [-0.05, 0) is 12.0 Å². The Kier molecular flexibility index (Phi) is 2.33. The summed E-state index contributed by atoms with van der Waals surface area (Å²) >= 11 is 0. The van der Waals surface area contributed by atoms with E-state index in [1.165, 1.54) is 0 Å². The maximum atomic E-state index is 11.4. The number of rotatable bonds is 1. The van der Waals surface area contributed by atoms with Gasteiger partial charge in [-0.2, -0.15) is 0 Å².